The van der Waals surface area contributed by atoms with E-state index in [1.54, 1.807) is 24.3 Å². The first kappa shape index (κ1) is 31.1. The number of hydrogen-bond donors (Lipinski definition) is 0. The van der Waals surface area contributed by atoms with Crippen molar-refractivity contribution >= 4 is 120 Å². The Kier molecular flexibility index (Phi) is 7.28. The fourth-order valence-corrected chi connectivity index (χ4v) is 7.52. The number of hydrogen-bond acceptors (Lipinski definition) is 3. The Hall–Kier alpha value is -4.56. The molecule has 0 radical (unpaired) electrons. The highest BCUT2D eigenvalue weighted by Gasteiger charge is 2.48. The number of fused-ring (bicyclic) bond motifs is 5. The van der Waals surface area contributed by atoms with E-state index < -0.39 is 15.6 Å². The Morgan fingerprint density at radius 1 is 0.489 bits per heavy atom. The molecular formula is C35H26B5F3O3S. The van der Waals surface area contributed by atoms with E-state index in [9.17, 15) is 21.6 Å². The summed E-state index contributed by atoms with van der Waals surface area (Å²) in [7, 11) is 5.02. The summed E-state index contributed by atoms with van der Waals surface area (Å²) in [6.45, 7) is 0. The molecule has 226 valence electrons. The smallest absolute Gasteiger partial charge is 0.375 e. The Labute approximate surface area is 275 Å². The van der Waals surface area contributed by atoms with E-state index in [0.717, 1.165) is 38.1 Å². The van der Waals surface area contributed by atoms with Gasteiger partial charge in [0.15, 0.2) is 5.75 Å². The average Bonchev–Trinajstić information content (AvgIpc) is 3.05. The molecule has 3 nitrogen and oxygen atoms in total. The van der Waals surface area contributed by atoms with Gasteiger partial charge in [-0.1, -0.05) is 95.9 Å². The van der Waals surface area contributed by atoms with Crippen LogP contribution in [0, 0.1) is 0 Å². The largest absolute Gasteiger partial charge is 0.534 e. The molecule has 0 amide bonds. The van der Waals surface area contributed by atoms with Crippen molar-refractivity contribution in [2.24, 2.45) is 0 Å². The van der Waals surface area contributed by atoms with Crippen LogP contribution in [-0.4, -0.2) is 53.2 Å². The van der Waals surface area contributed by atoms with E-state index in [1.165, 1.54) is 44.5 Å². The molecular weight excluding hydrogens is 612 g/mol. The lowest BCUT2D eigenvalue weighted by Gasteiger charge is -2.24. The maximum absolute atomic E-state index is 13.4. The van der Waals surface area contributed by atoms with Crippen LogP contribution in [0.5, 0.6) is 5.75 Å². The van der Waals surface area contributed by atoms with E-state index in [0.29, 0.717) is 10.8 Å². The van der Waals surface area contributed by atoms with E-state index >= 15 is 0 Å². The molecule has 12 heteroatoms. The van der Waals surface area contributed by atoms with E-state index in [-0.39, 0.29) is 11.1 Å². The molecule has 47 heavy (non-hydrogen) atoms. The van der Waals surface area contributed by atoms with Gasteiger partial charge in [-0.3, -0.25) is 0 Å². The fourth-order valence-electron chi connectivity index (χ4n) is 7.05. The van der Waals surface area contributed by atoms with Crippen LogP contribution in [0.15, 0.2) is 97.1 Å². The van der Waals surface area contributed by atoms with Gasteiger partial charge in [0.1, 0.15) is 39.2 Å². The van der Waals surface area contributed by atoms with Gasteiger partial charge in [0, 0.05) is 5.39 Å². The first-order valence-corrected chi connectivity index (χ1v) is 16.7. The summed E-state index contributed by atoms with van der Waals surface area (Å²) in [5, 5.41) is 6.44. The van der Waals surface area contributed by atoms with Gasteiger partial charge >= 0.3 is 15.6 Å². The van der Waals surface area contributed by atoms with Crippen molar-refractivity contribution < 1.29 is 25.8 Å². The zero-order valence-corrected chi connectivity index (χ0v) is 27.3. The molecule has 0 aromatic heterocycles. The molecule has 0 spiro atoms. The van der Waals surface area contributed by atoms with Crippen molar-refractivity contribution in [1.29, 1.82) is 0 Å². The van der Waals surface area contributed by atoms with Crippen molar-refractivity contribution in [2.75, 3.05) is 0 Å². The first-order valence-electron chi connectivity index (χ1n) is 15.3. The van der Waals surface area contributed by atoms with Crippen LogP contribution in [0.2, 0.25) is 0 Å². The highest BCUT2D eigenvalue weighted by atomic mass is 32.2. The van der Waals surface area contributed by atoms with Gasteiger partial charge in [0.25, 0.3) is 0 Å². The molecule has 0 heterocycles. The minimum Gasteiger partial charge on any atom is -0.375 e. The summed E-state index contributed by atoms with van der Waals surface area (Å²) in [6, 6.07) is 30.6. The van der Waals surface area contributed by atoms with Crippen LogP contribution in [0.3, 0.4) is 0 Å². The van der Waals surface area contributed by atoms with Gasteiger partial charge in [-0.05, 0) is 72.1 Å². The second kappa shape index (κ2) is 11.0. The molecule has 7 rings (SSSR count). The molecule has 7 aromatic rings. The fraction of sp³-hybridized carbons (Fsp3) is 0.0286. The molecule has 7 aromatic carbocycles. The lowest BCUT2D eigenvalue weighted by atomic mass is 9.59. The van der Waals surface area contributed by atoms with Gasteiger partial charge in [0.2, 0.25) is 0 Å². The molecule has 0 unspecified atom stereocenters. The van der Waals surface area contributed by atoms with E-state index in [4.69, 9.17) is 4.18 Å². The van der Waals surface area contributed by atoms with Crippen LogP contribution >= 0.6 is 0 Å². The minimum absolute atomic E-state index is 0.273. The Morgan fingerprint density at radius 3 is 1.45 bits per heavy atom. The third-order valence-electron chi connectivity index (χ3n) is 9.77. The average molecular weight is 638 g/mol. The van der Waals surface area contributed by atoms with Gasteiger partial charge in [-0.2, -0.15) is 21.6 Å². The van der Waals surface area contributed by atoms with Gasteiger partial charge < -0.3 is 4.18 Å². The molecule has 0 aliphatic heterocycles. The van der Waals surface area contributed by atoms with Crippen molar-refractivity contribution in [3.63, 3.8) is 0 Å². The van der Waals surface area contributed by atoms with Gasteiger partial charge in [0.05, 0.1) is 0 Å². The van der Waals surface area contributed by atoms with Crippen LogP contribution in [-0.2, 0) is 10.1 Å². The van der Waals surface area contributed by atoms with Gasteiger partial charge in [-0.25, -0.2) is 0 Å². The number of halogens is 3. The predicted octanol–water partition coefficient (Wildman–Crippen LogP) is 1.15. The zero-order valence-electron chi connectivity index (χ0n) is 26.5. The van der Waals surface area contributed by atoms with Crippen LogP contribution in [0.1, 0.15) is 0 Å². The third-order valence-corrected chi connectivity index (χ3v) is 10.7. The number of rotatable bonds is 4. The van der Waals surface area contributed by atoms with Crippen LogP contribution in [0.25, 0.3) is 65.3 Å². The zero-order chi connectivity index (χ0) is 33.4. The Bertz CT molecular complexity index is 2480. The summed E-state index contributed by atoms with van der Waals surface area (Å²) in [5.41, 5.74) is 4.99. The standard InChI is InChI=1S/C35H26B5F3O3S/c36-30-29(31(37)33(39)34(40)32(30)38)28-24-11-5-3-9-22(24)27(23-10-4-6-12-25(23)28)17-13-14-19-18(15-17)16-26(21-8-2-1-7-20(19)21)46-47(44,45)35(41,42)43/h1-16H,36-40H2. The van der Waals surface area contributed by atoms with E-state index in [2.05, 4.69) is 63.5 Å². The quantitative estimate of drug-likeness (QED) is 0.0958. The second-order valence-electron chi connectivity index (χ2n) is 12.2. The summed E-state index contributed by atoms with van der Waals surface area (Å²) >= 11 is 0. The second-order valence-corrected chi connectivity index (χ2v) is 13.7. The maximum atomic E-state index is 13.4. The van der Waals surface area contributed by atoms with Gasteiger partial charge in [-0.15, -0.1) is 16.4 Å². The predicted molar refractivity (Wildman–Crippen MR) is 204 cm³/mol. The van der Waals surface area contributed by atoms with Crippen LogP contribution in [0.4, 0.5) is 13.2 Å². The summed E-state index contributed by atoms with van der Waals surface area (Å²) in [6.07, 6.45) is 0. The highest BCUT2D eigenvalue weighted by Crippen LogP contribution is 2.44. The van der Waals surface area contributed by atoms with Crippen molar-refractivity contribution in [1.82, 2.24) is 0 Å². The summed E-state index contributed by atoms with van der Waals surface area (Å²) in [5.74, 6) is -0.372. The lowest BCUT2D eigenvalue weighted by Crippen LogP contribution is -2.55. The Balaban J connectivity index is 1.56. The summed E-state index contributed by atoms with van der Waals surface area (Å²) in [4.78, 5) is 0. The highest BCUT2D eigenvalue weighted by molar-refractivity contribution is 7.88. The van der Waals surface area contributed by atoms with E-state index in [1.807, 2.05) is 42.5 Å². The number of alkyl halides is 3. The SMILES string of the molecule is Bc1c(B)c(B)c(-c2c3ccccc3c(-c3ccc4c(c3)cc(OS(=O)(=O)C(F)(F)F)c3ccccc34)c3ccccc23)c(B)c1B. The molecule has 0 saturated heterocycles. The third kappa shape index (κ3) is 4.84. The molecule has 0 aliphatic carbocycles. The topological polar surface area (TPSA) is 43.4 Å². The first-order chi connectivity index (χ1) is 22.3. The monoisotopic (exact) mass is 638 g/mol. The van der Waals surface area contributed by atoms with Crippen LogP contribution < -0.4 is 31.5 Å². The minimum atomic E-state index is -5.88. The van der Waals surface area contributed by atoms with Crippen molar-refractivity contribution in [3.8, 4) is 28.0 Å². The lowest BCUT2D eigenvalue weighted by molar-refractivity contribution is -0.0499. The summed E-state index contributed by atoms with van der Waals surface area (Å²) < 4.78 is 69.0. The van der Waals surface area contributed by atoms with Crippen molar-refractivity contribution in [2.45, 2.75) is 5.51 Å². The molecule has 0 fully saturated rings. The number of benzene rings is 7. The molecule has 0 saturated carbocycles. The molecule has 0 atom stereocenters. The maximum Gasteiger partial charge on any atom is 0.534 e. The Morgan fingerprint density at radius 2 is 0.936 bits per heavy atom. The normalized spacial score (nSPS) is 12.3. The molecule has 0 bridgehead atoms. The molecule has 0 N–H and O–H groups in total. The van der Waals surface area contributed by atoms with Crippen molar-refractivity contribution in [3.05, 3.63) is 97.1 Å². The molecule has 0 aliphatic rings.